The first kappa shape index (κ1) is 15.3. The second-order valence-corrected chi connectivity index (χ2v) is 6.12. The van der Waals surface area contributed by atoms with Crippen molar-refractivity contribution < 1.29 is 4.74 Å². The summed E-state index contributed by atoms with van der Waals surface area (Å²) < 4.78 is 7.91. The summed E-state index contributed by atoms with van der Waals surface area (Å²) in [7, 11) is 3.80. The van der Waals surface area contributed by atoms with E-state index in [0.717, 1.165) is 44.5 Å². The van der Waals surface area contributed by atoms with Crippen LogP contribution in [0.1, 0.15) is 29.7 Å². The van der Waals surface area contributed by atoms with E-state index in [1.54, 1.807) is 0 Å². The Morgan fingerprint density at radius 1 is 1.32 bits per heavy atom. The molecule has 118 valence electrons. The smallest absolute Gasteiger partial charge is 0.105 e. The molecule has 1 N–H and O–H groups in total. The molecule has 0 aliphatic carbocycles. The molecule has 1 aromatic carbocycles. The zero-order valence-corrected chi connectivity index (χ0v) is 13.5. The second-order valence-electron chi connectivity index (χ2n) is 6.12. The van der Waals surface area contributed by atoms with Crippen molar-refractivity contribution in [3.05, 3.63) is 53.3 Å². The molecular weight excluding hydrogens is 274 g/mol. The topological polar surface area (TPSA) is 39.1 Å². The molecule has 4 heteroatoms. The van der Waals surface area contributed by atoms with E-state index in [4.69, 9.17) is 4.74 Å². The molecule has 1 aliphatic heterocycles. The lowest BCUT2D eigenvalue weighted by molar-refractivity contribution is -0.0211. The lowest BCUT2D eigenvalue weighted by Gasteiger charge is -2.33. The van der Waals surface area contributed by atoms with Gasteiger partial charge in [-0.3, -0.25) is 4.68 Å². The maximum Gasteiger partial charge on any atom is 0.105 e. The number of nitrogens with zero attached hydrogens (tertiary/aromatic N) is 2. The number of hydrogen-bond acceptors (Lipinski definition) is 3. The molecule has 2 heterocycles. The quantitative estimate of drug-likeness (QED) is 0.921. The largest absolute Gasteiger partial charge is 0.372 e. The van der Waals surface area contributed by atoms with Crippen molar-refractivity contribution in [3.63, 3.8) is 0 Å². The summed E-state index contributed by atoms with van der Waals surface area (Å²) in [6.07, 6.45) is 6.14. The average molecular weight is 299 g/mol. The molecule has 1 unspecified atom stereocenters. The fraction of sp³-hybridized carbons (Fsp3) is 0.500. The molecule has 0 bridgehead atoms. The third-order valence-electron chi connectivity index (χ3n) is 4.66. The minimum absolute atomic E-state index is 0.220. The summed E-state index contributed by atoms with van der Waals surface area (Å²) in [4.78, 5) is 0. The molecule has 0 radical (unpaired) electrons. The van der Waals surface area contributed by atoms with Crippen LogP contribution in [0.15, 0.2) is 36.5 Å². The summed E-state index contributed by atoms with van der Waals surface area (Å²) in [5, 5.41) is 8.01. The summed E-state index contributed by atoms with van der Waals surface area (Å²) in [5.74, 6) is 0. The minimum Gasteiger partial charge on any atom is -0.372 e. The number of nitrogens with one attached hydrogen (secondary N) is 1. The molecule has 1 atom stereocenters. The van der Waals surface area contributed by atoms with Gasteiger partial charge >= 0.3 is 0 Å². The number of aromatic nitrogens is 2. The number of methoxy groups -OCH3 is 1. The van der Waals surface area contributed by atoms with Crippen LogP contribution in [0, 0.1) is 0 Å². The van der Waals surface area contributed by atoms with Crippen LogP contribution in [0.4, 0.5) is 0 Å². The van der Waals surface area contributed by atoms with Crippen LogP contribution in [-0.2, 0) is 30.2 Å². The zero-order chi connectivity index (χ0) is 15.4. The van der Waals surface area contributed by atoms with Gasteiger partial charge in [-0.2, -0.15) is 5.10 Å². The Labute approximate surface area is 132 Å². The Morgan fingerprint density at radius 3 is 2.95 bits per heavy atom. The van der Waals surface area contributed by atoms with Crippen LogP contribution in [0.3, 0.4) is 0 Å². The van der Waals surface area contributed by atoms with Gasteiger partial charge in [0.25, 0.3) is 0 Å². The van der Waals surface area contributed by atoms with Crippen LogP contribution < -0.4 is 5.32 Å². The molecule has 1 aromatic heterocycles. The van der Waals surface area contributed by atoms with Gasteiger partial charge in [0, 0.05) is 26.9 Å². The van der Waals surface area contributed by atoms with Crippen molar-refractivity contribution >= 4 is 0 Å². The zero-order valence-electron chi connectivity index (χ0n) is 13.5. The first-order chi connectivity index (χ1) is 10.7. The Bertz CT molecular complexity index is 622. The van der Waals surface area contributed by atoms with Crippen molar-refractivity contribution in [1.82, 2.24) is 15.1 Å². The Balaban J connectivity index is 1.76. The van der Waals surface area contributed by atoms with Gasteiger partial charge in [0.15, 0.2) is 0 Å². The highest BCUT2D eigenvalue weighted by molar-refractivity contribution is 5.34. The van der Waals surface area contributed by atoms with E-state index < -0.39 is 0 Å². The van der Waals surface area contributed by atoms with E-state index >= 15 is 0 Å². The fourth-order valence-corrected chi connectivity index (χ4v) is 3.45. The van der Waals surface area contributed by atoms with Gasteiger partial charge in [-0.1, -0.05) is 24.3 Å². The summed E-state index contributed by atoms with van der Waals surface area (Å²) in [5.41, 5.74) is 3.70. The lowest BCUT2D eigenvalue weighted by Crippen LogP contribution is -2.39. The summed E-state index contributed by atoms with van der Waals surface area (Å²) >= 11 is 0. The van der Waals surface area contributed by atoms with Gasteiger partial charge in [0.2, 0.25) is 0 Å². The first-order valence-electron chi connectivity index (χ1n) is 8.06. The van der Waals surface area contributed by atoms with Gasteiger partial charge in [0.05, 0.1) is 5.69 Å². The van der Waals surface area contributed by atoms with E-state index in [1.165, 1.54) is 11.1 Å². The molecule has 2 aromatic rings. The van der Waals surface area contributed by atoms with Crippen molar-refractivity contribution in [3.8, 4) is 0 Å². The monoisotopic (exact) mass is 299 g/mol. The number of hydrogen-bond donors (Lipinski definition) is 1. The Hall–Kier alpha value is -1.65. The molecule has 0 saturated heterocycles. The molecule has 0 fully saturated rings. The highest BCUT2D eigenvalue weighted by Crippen LogP contribution is 2.34. The van der Waals surface area contributed by atoms with Crippen molar-refractivity contribution in [1.29, 1.82) is 0 Å². The van der Waals surface area contributed by atoms with Gasteiger partial charge in [0.1, 0.15) is 5.60 Å². The third kappa shape index (κ3) is 3.08. The van der Waals surface area contributed by atoms with Crippen LogP contribution in [0.2, 0.25) is 0 Å². The lowest BCUT2D eigenvalue weighted by atomic mass is 9.85. The molecule has 22 heavy (non-hydrogen) atoms. The first-order valence-corrected chi connectivity index (χ1v) is 8.06. The van der Waals surface area contributed by atoms with Crippen LogP contribution >= 0.6 is 0 Å². The molecular formula is C18H25N3O. The molecule has 1 aliphatic rings. The normalized spacial score (nSPS) is 21.4. The summed E-state index contributed by atoms with van der Waals surface area (Å²) in [6.45, 7) is 1.89. The fourth-order valence-electron chi connectivity index (χ4n) is 3.45. The van der Waals surface area contributed by atoms with Crippen LogP contribution in [0.25, 0.3) is 0 Å². The highest BCUT2D eigenvalue weighted by Gasteiger charge is 2.34. The average Bonchev–Trinajstić information content (AvgIpc) is 2.86. The number of benzene rings is 1. The van der Waals surface area contributed by atoms with Crippen molar-refractivity contribution in [2.75, 3.05) is 20.2 Å². The van der Waals surface area contributed by atoms with Gasteiger partial charge in [-0.05, 0) is 49.4 Å². The second kappa shape index (κ2) is 6.63. The predicted molar refractivity (Wildman–Crippen MR) is 87.8 cm³/mol. The van der Waals surface area contributed by atoms with E-state index in [-0.39, 0.29) is 5.60 Å². The molecule has 0 saturated carbocycles. The predicted octanol–water partition coefficient (Wildman–Crippen LogP) is 2.43. The number of fused-ring (bicyclic) bond motifs is 1. The van der Waals surface area contributed by atoms with Gasteiger partial charge in [-0.15, -0.1) is 0 Å². The standard InChI is InChI=1S/C18H25N3O/c1-21-13-10-16(20-21)7-5-11-18(22-2)14-19-12-9-15-6-3-4-8-17(15)18/h3-4,6,8,10,13,19H,5,7,9,11-12,14H2,1-2H3. The summed E-state index contributed by atoms with van der Waals surface area (Å²) in [6, 6.07) is 10.8. The molecule has 3 rings (SSSR count). The molecule has 0 spiro atoms. The maximum absolute atomic E-state index is 6.04. The third-order valence-corrected chi connectivity index (χ3v) is 4.66. The van der Waals surface area contributed by atoms with Crippen LogP contribution in [-0.4, -0.2) is 30.0 Å². The number of aryl methyl sites for hydroxylation is 2. The van der Waals surface area contributed by atoms with Gasteiger partial charge < -0.3 is 10.1 Å². The SMILES string of the molecule is COC1(CCCc2ccn(C)n2)CNCCc2ccccc21. The Morgan fingerprint density at radius 2 is 2.18 bits per heavy atom. The number of rotatable bonds is 5. The van der Waals surface area contributed by atoms with Crippen LogP contribution in [0.5, 0.6) is 0 Å². The highest BCUT2D eigenvalue weighted by atomic mass is 16.5. The van der Waals surface area contributed by atoms with Crippen molar-refractivity contribution in [2.45, 2.75) is 31.3 Å². The van der Waals surface area contributed by atoms with E-state index in [2.05, 4.69) is 40.7 Å². The van der Waals surface area contributed by atoms with E-state index in [9.17, 15) is 0 Å². The van der Waals surface area contributed by atoms with E-state index in [0.29, 0.717) is 0 Å². The van der Waals surface area contributed by atoms with Gasteiger partial charge in [-0.25, -0.2) is 0 Å². The minimum atomic E-state index is -0.220. The van der Waals surface area contributed by atoms with E-state index in [1.807, 2.05) is 25.0 Å². The Kier molecular flexibility index (Phi) is 4.60. The maximum atomic E-state index is 6.04. The number of ether oxygens (including phenoxy) is 1. The molecule has 4 nitrogen and oxygen atoms in total. The van der Waals surface area contributed by atoms with Crippen molar-refractivity contribution in [2.24, 2.45) is 7.05 Å². The molecule has 0 amide bonds.